The van der Waals surface area contributed by atoms with E-state index in [1.165, 1.54) is 14.4 Å². The van der Waals surface area contributed by atoms with Crippen LogP contribution in [-0.2, 0) is 0 Å². The van der Waals surface area contributed by atoms with Crippen LogP contribution in [0.25, 0.3) is 0 Å². The van der Waals surface area contributed by atoms with Crippen molar-refractivity contribution in [3.63, 3.8) is 0 Å². The Kier molecular flexibility index (Phi) is 1.42. The van der Waals surface area contributed by atoms with E-state index in [2.05, 4.69) is 27.0 Å². The molecule has 1 nitrogen and oxygen atoms in total. The summed E-state index contributed by atoms with van der Waals surface area (Å²) < 4.78 is 5.10. The Morgan fingerprint density at radius 1 is 1.83 bits per heavy atom. The summed E-state index contributed by atoms with van der Waals surface area (Å²) in [6.07, 6.45) is 1.80. The van der Waals surface area contributed by atoms with E-state index < -0.39 is 0 Å². The van der Waals surface area contributed by atoms with Crippen molar-refractivity contribution >= 4 is 34.1 Å². The molecule has 0 N–H and O–H groups in total. The fourth-order valence-electron chi connectivity index (χ4n) is 0.200. The molecule has 1 rings (SSSR count). The Bertz CT molecular complexity index is 114. The number of nitrogens with zero attached hydrogens (tertiary/aromatic N) is 1. The lowest BCUT2D eigenvalue weighted by molar-refractivity contribution is 1.58. The molecule has 1 aromatic rings. The van der Waals surface area contributed by atoms with Crippen LogP contribution in [-0.4, -0.2) is 4.37 Å². The van der Waals surface area contributed by atoms with Gasteiger partial charge in [-0.1, -0.05) is 0 Å². The highest BCUT2D eigenvalue weighted by Gasteiger charge is 1.79. The van der Waals surface area contributed by atoms with Gasteiger partial charge in [0.2, 0.25) is 0 Å². The highest BCUT2D eigenvalue weighted by Crippen LogP contribution is 2.05. The van der Waals surface area contributed by atoms with E-state index >= 15 is 0 Å². The molecule has 0 bridgehead atoms. The van der Waals surface area contributed by atoms with Crippen molar-refractivity contribution in [1.82, 2.24) is 4.37 Å². The largest absolute Gasteiger partial charge is 0.200 e. The summed E-state index contributed by atoms with van der Waals surface area (Å²) in [6, 6.07) is 1.98. The van der Waals surface area contributed by atoms with Crippen molar-refractivity contribution in [3.8, 4) is 0 Å². The monoisotopic (exact) mass is 211 g/mol. The second kappa shape index (κ2) is 1.88. The molecule has 6 heavy (non-hydrogen) atoms. The number of hydrogen-bond donors (Lipinski definition) is 0. The zero-order valence-corrected chi connectivity index (χ0v) is 5.86. The summed E-state index contributed by atoms with van der Waals surface area (Å²) in [5.74, 6) is 0. The molecule has 0 saturated carbocycles. The van der Waals surface area contributed by atoms with E-state index in [-0.39, 0.29) is 0 Å². The molecule has 0 spiro atoms. The zero-order valence-electron chi connectivity index (χ0n) is 2.89. The van der Waals surface area contributed by atoms with Crippen molar-refractivity contribution in [2.45, 2.75) is 0 Å². The lowest BCUT2D eigenvalue weighted by Crippen LogP contribution is -1.38. The van der Waals surface area contributed by atoms with Crippen molar-refractivity contribution in [2.24, 2.45) is 0 Å². The summed E-state index contributed by atoms with van der Waals surface area (Å²) in [6.45, 7) is 0. The van der Waals surface area contributed by atoms with Crippen LogP contribution >= 0.6 is 34.1 Å². The molecule has 0 amide bonds. The van der Waals surface area contributed by atoms with Gasteiger partial charge in [-0.15, -0.1) is 0 Å². The van der Waals surface area contributed by atoms with Gasteiger partial charge in [0.05, 0.1) is 2.88 Å². The van der Waals surface area contributed by atoms with Crippen LogP contribution in [0.1, 0.15) is 0 Å². The minimum Gasteiger partial charge on any atom is -0.200 e. The fraction of sp³-hybridized carbons (Fsp3) is 0. The first-order chi connectivity index (χ1) is 2.89. The SMILES string of the molecule is Ic1ccns1. The lowest BCUT2D eigenvalue weighted by Gasteiger charge is -1.59. The van der Waals surface area contributed by atoms with Gasteiger partial charge in [-0.25, -0.2) is 4.37 Å². The lowest BCUT2D eigenvalue weighted by atomic mass is 10.8. The summed E-state index contributed by atoms with van der Waals surface area (Å²) in [4.78, 5) is 0. The van der Waals surface area contributed by atoms with Gasteiger partial charge in [-0.2, -0.15) is 0 Å². The highest BCUT2D eigenvalue weighted by molar-refractivity contribution is 14.1. The summed E-state index contributed by atoms with van der Waals surface area (Å²) in [5.41, 5.74) is 0. The van der Waals surface area contributed by atoms with Gasteiger partial charge in [0.25, 0.3) is 0 Å². The molecule has 3 heteroatoms. The molecule has 0 radical (unpaired) electrons. The Labute approximate surface area is 53.7 Å². The predicted octanol–water partition coefficient (Wildman–Crippen LogP) is 1.75. The average molecular weight is 211 g/mol. The third-order valence-electron chi connectivity index (χ3n) is 0.406. The molecule has 0 aliphatic heterocycles. The van der Waals surface area contributed by atoms with Crippen molar-refractivity contribution in [1.29, 1.82) is 0 Å². The van der Waals surface area contributed by atoms with E-state index in [0.29, 0.717) is 0 Å². The first-order valence-electron chi connectivity index (χ1n) is 1.46. The van der Waals surface area contributed by atoms with Crippen LogP contribution < -0.4 is 0 Å². The van der Waals surface area contributed by atoms with Crippen LogP contribution in [0.5, 0.6) is 0 Å². The Balaban J connectivity index is 3.05. The van der Waals surface area contributed by atoms with E-state index in [0.717, 1.165) is 0 Å². The number of aromatic nitrogens is 1. The fourth-order valence-corrected chi connectivity index (χ4v) is 1.05. The molecule has 0 unspecified atom stereocenters. The molecule has 0 atom stereocenters. The maximum absolute atomic E-state index is 3.86. The molecule has 0 saturated heterocycles. The first-order valence-corrected chi connectivity index (χ1v) is 3.31. The predicted molar refractivity (Wildman–Crippen MR) is 34.8 cm³/mol. The van der Waals surface area contributed by atoms with Gasteiger partial charge < -0.3 is 0 Å². The Morgan fingerprint density at radius 2 is 2.67 bits per heavy atom. The van der Waals surface area contributed by atoms with E-state index in [1.807, 2.05) is 6.07 Å². The van der Waals surface area contributed by atoms with Gasteiger partial charge in [-0.3, -0.25) is 0 Å². The number of hydrogen-bond acceptors (Lipinski definition) is 2. The van der Waals surface area contributed by atoms with Gasteiger partial charge in [-0.05, 0) is 40.2 Å². The Morgan fingerprint density at radius 3 is 2.83 bits per heavy atom. The van der Waals surface area contributed by atoms with Crippen LogP contribution in [0.2, 0.25) is 0 Å². The van der Waals surface area contributed by atoms with Crippen LogP contribution in [0.4, 0.5) is 0 Å². The van der Waals surface area contributed by atoms with Crippen molar-refractivity contribution < 1.29 is 0 Å². The maximum Gasteiger partial charge on any atom is 0.0860 e. The molecule has 0 aromatic carbocycles. The molecule has 0 aliphatic rings. The van der Waals surface area contributed by atoms with Gasteiger partial charge in [0.15, 0.2) is 0 Å². The molecule has 32 valence electrons. The van der Waals surface area contributed by atoms with E-state index in [4.69, 9.17) is 0 Å². The van der Waals surface area contributed by atoms with Crippen LogP contribution in [0, 0.1) is 2.88 Å². The molecule has 0 aliphatic carbocycles. The third kappa shape index (κ3) is 0.909. The van der Waals surface area contributed by atoms with Crippen LogP contribution in [0.15, 0.2) is 12.3 Å². The minimum atomic E-state index is 1.24. The van der Waals surface area contributed by atoms with Crippen molar-refractivity contribution in [2.75, 3.05) is 0 Å². The second-order valence-corrected chi connectivity index (χ2v) is 3.54. The minimum absolute atomic E-state index is 1.24. The molecule has 1 aromatic heterocycles. The van der Waals surface area contributed by atoms with Crippen molar-refractivity contribution in [3.05, 3.63) is 15.1 Å². The third-order valence-corrected chi connectivity index (χ3v) is 1.89. The van der Waals surface area contributed by atoms with Gasteiger partial charge >= 0.3 is 0 Å². The second-order valence-electron chi connectivity index (χ2n) is 0.817. The maximum atomic E-state index is 3.86. The Hall–Kier alpha value is 0.360. The van der Waals surface area contributed by atoms with E-state index in [9.17, 15) is 0 Å². The highest BCUT2D eigenvalue weighted by atomic mass is 127. The molecular formula is C3H2INS. The number of rotatable bonds is 0. The van der Waals surface area contributed by atoms with Gasteiger partial charge in [0, 0.05) is 6.20 Å². The average Bonchev–Trinajstić information content (AvgIpc) is 1.86. The smallest absolute Gasteiger partial charge is 0.0860 e. The molecule has 0 fully saturated rings. The summed E-state index contributed by atoms with van der Waals surface area (Å²) in [7, 11) is 0. The summed E-state index contributed by atoms with van der Waals surface area (Å²) in [5, 5.41) is 0. The molecular weight excluding hydrogens is 209 g/mol. The topological polar surface area (TPSA) is 12.9 Å². The normalized spacial score (nSPS) is 8.83. The summed E-state index contributed by atoms with van der Waals surface area (Å²) >= 11 is 3.75. The number of halogens is 1. The van der Waals surface area contributed by atoms with Crippen LogP contribution in [0.3, 0.4) is 0 Å². The van der Waals surface area contributed by atoms with E-state index in [1.54, 1.807) is 6.20 Å². The zero-order chi connectivity index (χ0) is 4.41. The molecule has 1 heterocycles. The first kappa shape index (κ1) is 4.52. The standard InChI is InChI=1S/C3H2INS/c4-3-1-2-5-6-3/h1-2H. The quantitative estimate of drug-likeness (QED) is 0.595. The van der Waals surface area contributed by atoms with Gasteiger partial charge in [0.1, 0.15) is 0 Å².